The van der Waals surface area contributed by atoms with E-state index in [0.717, 1.165) is 121 Å². The fourth-order valence-electron chi connectivity index (χ4n) is 15.7. The molecule has 0 atom stereocenters. The second-order valence-corrected chi connectivity index (χ2v) is 23.3. The summed E-state index contributed by atoms with van der Waals surface area (Å²) in [5.74, 6) is -0.882. The number of rotatable bonds is 5. The predicted octanol–water partition coefficient (Wildman–Crippen LogP) is 20.5. The SMILES string of the molecule is N#Cc1c(-n2c3ccccc3c3cc(-n4c5ccccc5c5ccccc54)ccc32)c(-n2c3ccc(F)cc3c3cc(F)ccc32)c(-n2c3ccccc3c3cc(-n4c5ccccc5c5ccccc54)ccc32)c2c3cccc4c5ccccc5n(c12)c43. The third-order valence-electron chi connectivity index (χ3n) is 19.0. The summed E-state index contributed by atoms with van der Waals surface area (Å²) in [6, 6.07) is 92.4. The topological polar surface area (TPSA) is 52.8 Å². The maximum absolute atomic E-state index is 16.1. The van der Waals surface area contributed by atoms with Gasteiger partial charge in [-0.3, -0.25) is 0 Å². The predicted molar refractivity (Wildman–Crippen MR) is 357 cm³/mol. The highest BCUT2D eigenvalue weighted by atomic mass is 19.1. The lowest BCUT2D eigenvalue weighted by atomic mass is 9.99. The molecule has 408 valence electrons. The Morgan fingerprint density at radius 3 is 1.01 bits per heavy atom. The summed E-state index contributed by atoms with van der Waals surface area (Å²) in [7, 11) is 0. The summed E-state index contributed by atoms with van der Waals surface area (Å²) in [6.07, 6.45) is 0. The Bertz CT molecular complexity index is 6380. The van der Waals surface area contributed by atoms with E-state index in [1.54, 1.807) is 12.1 Å². The van der Waals surface area contributed by atoms with Gasteiger partial charge in [0.25, 0.3) is 0 Å². The summed E-state index contributed by atoms with van der Waals surface area (Å²) in [6.45, 7) is 0. The summed E-state index contributed by atoms with van der Waals surface area (Å²) in [4.78, 5) is 0. The van der Waals surface area contributed by atoms with Crippen molar-refractivity contribution < 1.29 is 8.78 Å². The van der Waals surface area contributed by atoms with Gasteiger partial charge in [-0.25, -0.2) is 8.78 Å². The zero-order valence-electron chi connectivity index (χ0n) is 46.7. The molecular formula is C79H43F2N7. The molecule has 0 aliphatic rings. The highest BCUT2D eigenvalue weighted by molar-refractivity contribution is 6.29. The molecule has 7 aromatic heterocycles. The lowest BCUT2D eigenvalue weighted by Gasteiger charge is -2.25. The number of aromatic nitrogens is 6. The number of nitriles is 1. The molecule has 0 N–H and O–H groups in total. The zero-order valence-corrected chi connectivity index (χ0v) is 46.7. The van der Waals surface area contributed by atoms with Crippen molar-refractivity contribution in [1.29, 1.82) is 5.26 Å². The Labute approximate surface area is 498 Å². The lowest BCUT2D eigenvalue weighted by Crippen LogP contribution is -2.12. The molecule has 0 radical (unpaired) electrons. The van der Waals surface area contributed by atoms with E-state index >= 15 is 8.78 Å². The lowest BCUT2D eigenvalue weighted by molar-refractivity contribution is 0.628. The molecular weight excluding hydrogens is 1080 g/mol. The van der Waals surface area contributed by atoms with Crippen LogP contribution in [0.15, 0.2) is 261 Å². The Balaban J connectivity index is 1.02. The zero-order chi connectivity index (χ0) is 57.8. The van der Waals surface area contributed by atoms with E-state index in [2.05, 4.69) is 258 Å². The highest BCUT2D eigenvalue weighted by Gasteiger charge is 2.34. The third kappa shape index (κ3) is 5.97. The van der Waals surface area contributed by atoms with Crippen LogP contribution >= 0.6 is 0 Å². The van der Waals surface area contributed by atoms with Crippen LogP contribution in [0.5, 0.6) is 0 Å². The van der Waals surface area contributed by atoms with Crippen molar-refractivity contribution in [3.05, 3.63) is 278 Å². The molecule has 20 aromatic rings. The Morgan fingerprint density at radius 2 is 0.568 bits per heavy atom. The minimum atomic E-state index is -0.441. The van der Waals surface area contributed by atoms with Gasteiger partial charge in [0.15, 0.2) is 0 Å². The molecule has 0 unspecified atom stereocenters. The van der Waals surface area contributed by atoms with Crippen molar-refractivity contribution in [2.45, 2.75) is 0 Å². The van der Waals surface area contributed by atoms with Crippen molar-refractivity contribution in [2.24, 2.45) is 0 Å². The van der Waals surface area contributed by atoms with Crippen LogP contribution in [0.2, 0.25) is 0 Å². The van der Waals surface area contributed by atoms with E-state index in [1.165, 1.54) is 45.8 Å². The molecule has 0 saturated heterocycles. The molecule has 7 nitrogen and oxygen atoms in total. The van der Waals surface area contributed by atoms with Crippen molar-refractivity contribution >= 4 is 147 Å². The number of benzene rings is 13. The first kappa shape index (κ1) is 47.4. The van der Waals surface area contributed by atoms with Crippen molar-refractivity contribution in [3.8, 4) is 34.5 Å². The third-order valence-corrected chi connectivity index (χ3v) is 19.0. The molecule has 13 aromatic carbocycles. The quantitative estimate of drug-likeness (QED) is 0.169. The van der Waals surface area contributed by atoms with Crippen LogP contribution in [0.3, 0.4) is 0 Å². The fourth-order valence-corrected chi connectivity index (χ4v) is 15.7. The van der Waals surface area contributed by atoms with Crippen molar-refractivity contribution in [1.82, 2.24) is 27.2 Å². The van der Waals surface area contributed by atoms with E-state index < -0.39 is 11.6 Å². The average molecular weight is 1130 g/mol. The van der Waals surface area contributed by atoms with Gasteiger partial charge < -0.3 is 27.2 Å². The minimum Gasteiger partial charge on any atom is -0.309 e. The molecule has 7 heterocycles. The summed E-state index contributed by atoms with van der Waals surface area (Å²) in [5, 5.41) is 26.5. The molecule has 0 aliphatic carbocycles. The summed E-state index contributed by atoms with van der Waals surface area (Å²) < 4.78 is 46.1. The van der Waals surface area contributed by atoms with Gasteiger partial charge in [0.1, 0.15) is 23.3 Å². The molecule has 88 heavy (non-hydrogen) atoms. The second-order valence-electron chi connectivity index (χ2n) is 23.3. The van der Waals surface area contributed by atoms with E-state index in [9.17, 15) is 5.26 Å². The van der Waals surface area contributed by atoms with Gasteiger partial charge in [0.2, 0.25) is 0 Å². The minimum absolute atomic E-state index is 0.440. The number of hydrogen-bond acceptors (Lipinski definition) is 1. The number of para-hydroxylation sites is 8. The van der Waals surface area contributed by atoms with Gasteiger partial charge in [-0.1, -0.05) is 146 Å². The molecule has 0 spiro atoms. The maximum atomic E-state index is 16.1. The largest absolute Gasteiger partial charge is 0.309 e. The Hall–Kier alpha value is -12.0. The molecule has 9 heteroatoms. The number of fused-ring (bicyclic) bond motifs is 21. The number of halogens is 2. The summed E-state index contributed by atoms with van der Waals surface area (Å²) >= 11 is 0. The van der Waals surface area contributed by atoms with Crippen LogP contribution in [0, 0.1) is 23.0 Å². The molecule has 0 fully saturated rings. The van der Waals surface area contributed by atoms with Crippen LogP contribution in [0.1, 0.15) is 5.56 Å². The molecule has 0 bridgehead atoms. The van der Waals surface area contributed by atoms with Gasteiger partial charge >= 0.3 is 0 Å². The van der Waals surface area contributed by atoms with Gasteiger partial charge in [0, 0.05) is 86.8 Å². The first-order chi connectivity index (χ1) is 43.5. The van der Waals surface area contributed by atoms with Crippen molar-refractivity contribution in [2.75, 3.05) is 0 Å². The van der Waals surface area contributed by atoms with Crippen LogP contribution < -0.4 is 0 Å². The molecule has 20 rings (SSSR count). The first-order valence-corrected chi connectivity index (χ1v) is 29.6. The average Bonchev–Trinajstić information content (AvgIpc) is 1.55. The van der Waals surface area contributed by atoms with Gasteiger partial charge in [-0.2, -0.15) is 5.26 Å². The fraction of sp³-hybridized carbons (Fsp3) is 0. The normalized spacial score (nSPS) is 12.4. The van der Waals surface area contributed by atoms with Gasteiger partial charge in [-0.15, -0.1) is 0 Å². The van der Waals surface area contributed by atoms with E-state index in [4.69, 9.17) is 0 Å². The van der Waals surface area contributed by atoms with Crippen LogP contribution in [-0.2, 0) is 0 Å². The molecule has 0 saturated carbocycles. The highest BCUT2D eigenvalue weighted by Crippen LogP contribution is 2.52. The number of hydrogen-bond donors (Lipinski definition) is 0. The van der Waals surface area contributed by atoms with Gasteiger partial charge in [-0.05, 0) is 115 Å². The smallest absolute Gasteiger partial charge is 0.123 e. The van der Waals surface area contributed by atoms with E-state index in [-0.39, 0.29) is 0 Å². The van der Waals surface area contributed by atoms with Crippen LogP contribution in [-0.4, -0.2) is 27.2 Å². The van der Waals surface area contributed by atoms with Crippen LogP contribution in [0.4, 0.5) is 8.78 Å². The standard InChI is InChI=1S/C79H43F2N7/c80-45-32-36-70-58(40-45)59-41-46(81)33-37-71(59)87(70)79-77(85-67-29-12-6-21-54(67)60-42-47(34-38-72(60)85)83-63-25-8-1-16-49(63)50-17-2-9-26-64(50)83)62(44-82)76-74(57-24-15-23-56-53-20-5-14-31-69(53)88(76)75(56)57)78(79)86-68-30-13-7-22-55(68)61-43-48(35-39-73(61)86)84-65-27-10-3-18-51(65)52-19-4-11-28-66(52)84/h1-43H. The first-order valence-electron chi connectivity index (χ1n) is 29.6. The van der Waals surface area contributed by atoms with Gasteiger partial charge in [0.05, 0.1) is 88.8 Å². The number of nitrogens with zero attached hydrogens (tertiary/aromatic N) is 7. The van der Waals surface area contributed by atoms with E-state index in [1.807, 2.05) is 0 Å². The monoisotopic (exact) mass is 1130 g/mol. The van der Waals surface area contributed by atoms with Crippen molar-refractivity contribution in [3.63, 3.8) is 0 Å². The van der Waals surface area contributed by atoms with Crippen LogP contribution in [0.25, 0.3) is 176 Å². The van der Waals surface area contributed by atoms with E-state index in [0.29, 0.717) is 38.7 Å². The molecule has 0 amide bonds. The Kier molecular flexibility index (Phi) is 9.21. The Morgan fingerprint density at radius 1 is 0.250 bits per heavy atom. The second kappa shape index (κ2) is 17.1. The molecule has 0 aliphatic heterocycles. The maximum Gasteiger partial charge on any atom is 0.123 e. The summed E-state index contributed by atoms with van der Waals surface area (Å²) in [5.41, 5.74) is 16.6.